The van der Waals surface area contributed by atoms with E-state index in [0.717, 1.165) is 25.0 Å². The molecule has 5 nitrogen and oxygen atoms in total. The minimum Gasteiger partial charge on any atom is -0.372 e. The molecule has 0 saturated carbocycles. The summed E-state index contributed by atoms with van der Waals surface area (Å²) in [5, 5.41) is 7.08. The van der Waals surface area contributed by atoms with Crippen molar-refractivity contribution >= 4 is 35.6 Å². The molecule has 1 aromatic rings. The summed E-state index contributed by atoms with van der Waals surface area (Å²) in [5.41, 5.74) is 2.66. The SMILES string of the molecule is CCN1CCC(CNC(=NC)NC(C)c2cccc(N3CCCC3)c2)C1.I. The fourth-order valence-electron chi connectivity index (χ4n) is 4.06. The van der Waals surface area contributed by atoms with E-state index >= 15 is 0 Å². The largest absolute Gasteiger partial charge is 0.372 e. The Kier molecular flexibility index (Phi) is 9.15. The zero-order chi connectivity index (χ0) is 18.4. The smallest absolute Gasteiger partial charge is 0.191 e. The number of halogens is 1. The number of benzene rings is 1. The van der Waals surface area contributed by atoms with E-state index in [1.165, 1.54) is 56.7 Å². The fraction of sp³-hybridized carbons (Fsp3) is 0.667. The van der Waals surface area contributed by atoms with E-state index in [1.807, 2.05) is 7.05 Å². The molecule has 152 valence electrons. The molecule has 0 aromatic heterocycles. The molecule has 2 heterocycles. The van der Waals surface area contributed by atoms with Gasteiger partial charge in [-0.2, -0.15) is 0 Å². The van der Waals surface area contributed by atoms with E-state index in [0.29, 0.717) is 0 Å². The molecule has 0 amide bonds. The summed E-state index contributed by atoms with van der Waals surface area (Å²) in [6.07, 6.45) is 3.90. The van der Waals surface area contributed by atoms with Gasteiger partial charge in [-0.05, 0) is 62.9 Å². The van der Waals surface area contributed by atoms with Gasteiger partial charge in [0.05, 0.1) is 6.04 Å². The average Bonchev–Trinajstić information content (AvgIpc) is 3.36. The number of guanidine groups is 1. The Morgan fingerprint density at radius 2 is 2.04 bits per heavy atom. The van der Waals surface area contributed by atoms with Gasteiger partial charge in [0.15, 0.2) is 5.96 Å². The van der Waals surface area contributed by atoms with Gasteiger partial charge in [-0.1, -0.05) is 19.1 Å². The van der Waals surface area contributed by atoms with Gasteiger partial charge in [0.2, 0.25) is 0 Å². The van der Waals surface area contributed by atoms with Crippen LogP contribution in [0.1, 0.15) is 44.7 Å². The summed E-state index contributed by atoms with van der Waals surface area (Å²) < 4.78 is 0. The molecule has 3 rings (SSSR count). The lowest BCUT2D eigenvalue weighted by Gasteiger charge is -2.22. The van der Waals surface area contributed by atoms with Crippen LogP contribution in [0.25, 0.3) is 0 Å². The van der Waals surface area contributed by atoms with E-state index < -0.39 is 0 Å². The molecule has 1 aromatic carbocycles. The van der Waals surface area contributed by atoms with Gasteiger partial charge in [-0.25, -0.2) is 0 Å². The second kappa shape index (κ2) is 11.1. The normalized spacial score (nSPS) is 21.8. The Bertz CT molecular complexity index is 600. The van der Waals surface area contributed by atoms with Crippen molar-refractivity contribution in [2.24, 2.45) is 10.9 Å². The van der Waals surface area contributed by atoms with E-state index in [-0.39, 0.29) is 30.0 Å². The molecular weight excluding hydrogens is 449 g/mol. The quantitative estimate of drug-likeness (QED) is 0.368. The minimum absolute atomic E-state index is 0. The Hall–Kier alpha value is -1.02. The third kappa shape index (κ3) is 6.24. The Morgan fingerprint density at radius 1 is 1.26 bits per heavy atom. The average molecular weight is 485 g/mol. The van der Waals surface area contributed by atoms with E-state index in [1.54, 1.807) is 0 Å². The second-order valence-electron chi connectivity index (χ2n) is 7.66. The first-order valence-electron chi connectivity index (χ1n) is 10.2. The summed E-state index contributed by atoms with van der Waals surface area (Å²) in [6, 6.07) is 9.18. The third-order valence-electron chi connectivity index (χ3n) is 5.79. The molecule has 0 radical (unpaired) electrons. The second-order valence-corrected chi connectivity index (χ2v) is 7.66. The van der Waals surface area contributed by atoms with E-state index in [9.17, 15) is 0 Å². The molecule has 0 aliphatic carbocycles. The third-order valence-corrected chi connectivity index (χ3v) is 5.79. The monoisotopic (exact) mass is 485 g/mol. The van der Waals surface area contributed by atoms with Gasteiger partial charge in [-0.3, -0.25) is 4.99 Å². The minimum atomic E-state index is 0. The Morgan fingerprint density at radius 3 is 2.70 bits per heavy atom. The number of nitrogens with zero attached hydrogens (tertiary/aromatic N) is 3. The van der Waals surface area contributed by atoms with Gasteiger partial charge >= 0.3 is 0 Å². The summed E-state index contributed by atoms with van der Waals surface area (Å²) >= 11 is 0. The molecule has 6 heteroatoms. The molecule has 0 bridgehead atoms. The summed E-state index contributed by atoms with van der Waals surface area (Å²) in [6.45, 7) is 11.4. The van der Waals surface area contributed by atoms with Crippen LogP contribution in [0.2, 0.25) is 0 Å². The molecule has 0 spiro atoms. The van der Waals surface area contributed by atoms with Crippen molar-refractivity contribution in [1.29, 1.82) is 0 Å². The van der Waals surface area contributed by atoms with Crippen LogP contribution in [-0.4, -0.2) is 57.2 Å². The number of hydrogen-bond donors (Lipinski definition) is 2. The highest BCUT2D eigenvalue weighted by atomic mass is 127. The molecule has 2 fully saturated rings. The highest BCUT2D eigenvalue weighted by Crippen LogP contribution is 2.24. The highest BCUT2D eigenvalue weighted by molar-refractivity contribution is 14.0. The Balaban J connectivity index is 0.00000261. The fourth-order valence-corrected chi connectivity index (χ4v) is 4.06. The highest BCUT2D eigenvalue weighted by Gasteiger charge is 2.21. The zero-order valence-corrected chi connectivity index (χ0v) is 19.4. The Labute approximate surface area is 182 Å². The number of anilines is 1. The van der Waals surface area contributed by atoms with Gasteiger partial charge in [-0.15, -0.1) is 24.0 Å². The standard InChI is InChI=1S/C21H35N5.HI/c1-4-25-13-10-18(16-25)15-23-21(22-3)24-17(2)19-8-7-9-20(14-19)26-11-5-6-12-26;/h7-9,14,17-18H,4-6,10-13,15-16H2,1-3H3,(H2,22,23,24);1H. The van der Waals surface area contributed by atoms with Crippen molar-refractivity contribution in [1.82, 2.24) is 15.5 Å². The molecular formula is C21H36IN5. The molecule has 2 aliphatic heterocycles. The van der Waals surface area contributed by atoms with Gasteiger partial charge in [0, 0.05) is 38.9 Å². The van der Waals surface area contributed by atoms with Crippen molar-refractivity contribution < 1.29 is 0 Å². The molecule has 2 atom stereocenters. The first-order chi connectivity index (χ1) is 12.7. The van der Waals surface area contributed by atoms with Gasteiger partial charge in [0.1, 0.15) is 0 Å². The maximum Gasteiger partial charge on any atom is 0.191 e. The lowest BCUT2D eigenvalue weighted by atomic mass is 10.1. The maximum absolute atomic E-state index is 4.42. The van der Waals surface area contributed by atoms with Crippen LogP contribution in [0.5, 0.6) is 0 Å². The van der Waals surface area contributed by atoms with Crippen LogP contribution in [0.4, 0.5) is 5.69 Å². The first-order valence-corrected chi connectivity index (χ1v) is 10.2. The lowest BCUT2D eigenvalue weighted by Crippen LogP contribution is -2.41. The van der Waals surface area contributed by atoms with Crippen LogP contribution < -0.4 is 15.5 Å². The van der Waals surface area contributed by atoms with Crippen LogP contribution in [-0.2, 0) is 0 Å². The van der Waals surface area contributed by atoms with Crippen molar-refractivity contribution in [3.05, 3.63) is 29.8 Å². The summed E-state index contributed by atoms with van der Waals surface area (Å²) in [7, 11) is 1.86. The van der Waals surface area contributed by atoms with Gasteiger partial charge < -0.3 is 20.4 Å². The molecule has 2 saturated heterocycles. The zero-order valence-electron chi connectivity index (χ0n) is 17.1. The number of likely N-dealkylation sites (tertiary alicyclic amines) is 1. The van der Waals surface area contributed by atoms with E-state index in [2.05, 4.69) is 63.5 Å². The lowest BCUT2D eigenvalue weighted by molar-refractivity contribution is 0.341. The summed E-state index contributed by atoms with van der Waals surface area (Å²) in [4.78, 5) is 9.44. The maximum atomic E-state index is 4.42. The number of hydrogen-bond acceptors (Lipinski definition) is 3. The molecule has 2 unspecified atom stereocenters. The van der Waals surface area contributed by atoms with Crippen LogP contribution in [0, 0.1) is 5.92 Å². The van der Waals surface area contributed by atoms with Crippen molar-refractivity contribution in [3.8, 4) is 0 Å². The number of aliphatic imine (C=N–C) groups is 1. The molecule has 2 aliphatic rings. The predicted octanol–water partition coefficient (Wildman–Crippen LogP) is 3.47. The molecule has 27 heavy (non-hydrogen) atoms. The first kappa shape index (κ1) is 22.3. The topological polar surface area (TPSA) is 42.9 Å². The van der Waals surface area contributed by atoms with Crippen molar-refractivity contribution in [2.75, 3.05) is 51.2 Å². The predicted molar refractivity (Wildman–Crippen MR) is 126 cm³/mol. The van der Waals surface area contributed by atoms with Crippen molar-refractivity contribution in [2.45, 2.75) is 39.2 Å². The summed E-state index contributed by atoms with van der Waals surface area (Å²) in [5.74, 6) is 1.63. The number of rotatable bonds is 6. The van der Waals surface area contributed by atoms with E-state index in [4.69, 9.17) is 0 Å². The van der Waals surface area contributed by atoms with Crippen LogP contribution in [0.3, 0.4) is 0 Å². The molecule has 2 N–H and O–H groups in total. The number of nitrogens with one attached hydrogen (secondary N) is 2. The van der Waals surface area contributed by atoms with Gasteiger partial charge in [0.25, 0.3) is 0 Å². The van der Waals surface area contributed by atoms with Crippen LogP contribution >= 0.6 is 24.0 Å². The van der Waals surface area contributed by atoms with Crippen molar-refractivity contribution in [3.63, 3.8) is 0 Å². The van der Waals surface area contributed by atoms with Crippen LogP contribution in [0.15, 0.2) is 29.3 Å².